The maximum absolute atomic E-state index is 3.50. The lowest BCUT2D eigenvalue weighted by Crippen LogP contribution is -2.35. The summed E-state index contributed by atoms with van der Waals surface area (Å²) in [6.07, 6.45) is 1.44. The number of hydrogen-bond acceptors (Lipinski definition) is 3. The molecule has 0 aromatic carbocycles. The number of fused-ring (bicyclic) bond motifs is 1. The second-order valence-corrected chi connectivity index (χ2v) is 5.80. The van der Waals surface area contributed by atoms with Crippen LogP contribution in [0.3, 0.4) is 0 Å². The molecule has 0 amide bonds. The third-order valence-electron chi connectivity index (χ3n) is 3.84. The summed E-state index contributed by atoms with van der Waals surface area (Å²) in [6.45, 7) is 5.31. The molecule has 3 heterocycles. The summed E-state index contributed by atoms with van der Waals surface area (Å²) in [5, 5.41) is 3.50. The number of likely N-dealkylation sites (tertiary alicyclic amines) is 1. The van der Waals surface area contributed by atoms with Gasteiger partial charge in [0.1, 0.15) is 0 Å². The van der Waals surface area contributed by atoms with E-state index in [9.17, 15) is 0 Å². The summed E-state index contributed by atoms with van der Waals surface area (Å²) in [5.41, 5.74) is 0. The summed E-state index contributed by atoms with van der Waals surface area (Å²) < 4.78 is 0. The molecule has 0 spiro atoms. The first-order chi connectivity index (χ1) is 6.43. The van der Waals surface area contributed by atoms with E-state index < -0.39 is 0 Å². The van der Waals surface area contributed by atoms with Gasteiger partial charge < -0.3 is 5.32 Å². The van der Waals surface area contributed by atoms with E-state index in [2.05, 4.69) is 22.0 Å². The Balaban J connectivity index is 1.62. The van der Waals surface area contributed by atoms with Crippen LogP contribution in [0.1, 0.15) is 6.42 Å². The molecular formula is C10H18N2S. The monoisotopic (exact) mass is 198 g/mol. The van der Waals surface area contributed by atoms with E-state index in [0.29, 0.717) is 0 Å². The number of hydrogen-bond donors (Lipinski definition) is 1. The summed E-state index contributed by atoms with van der Waals surface area (Å²) >= 11 is 2.14. The maximum atomic E-state index is 3.50. The predicted molar refractivity (Wildman–Crippen MR) is 57.2 cm³/mol. The molecule has 0 aromatic heterocycles. The van der Waals surface area contributed by atoms with E-state index >= 15 is 0 Å². The van der Waals surface area contributed by atoms with Crippen molar-refractivity contribution < 1.29 is 0 Å². The summed E-state index contributed by atoms with van der Waals surface area (Å²) in [5.74, 6) is 4.75. The van der Waals surface area contributed by atoms with Gasteiger partial charge in [-0.25, -0.2) is 0 Å². The molecule has 3 aliphatic rings. The van der Waals surface area contributed by atoms with E-state index in [4.69, 9.17) is 0 Å². The lowest BCUT2D eigenvalue weighted by Gasteiger charge is -2.23. The first-order valence-corrected chi connectivity index (χ1v) is 6.61. The van der Waals surface area contributed by atoms with Gasteiger partial charge in [0, 0.05) is 24.9 Å². The van der Waals surface area contributed by atoms with Crippen molar-refractivity contribution in [2.24, 2.45) is 11.8 Å². The Labute approximate surface area is 84.4 Å². The minimum atomic E-state index is 0.926. The van der Waals surface area contributed by atoms with Crippen LogP contribution in [0.25, 0.3) is 0 Å². The Bertz CT molecular complexity index is 179. The molecule has 2 nitrogen and oxygen atoms in total. The zero-order valence-electron chi connectivity index (χ0n) is 8.04. The molecule has 0 bridgehead atoms. The van der Waals surface area contributed by atoms with Gasteiger partial charge in [0.2, 0.25) is 0 Å². The molecule has 3 rings (SSSR count). The Kier molecular flexibility index (Phi) is 2.27. The van der Waals surface area contributed by atoms with Crippen LogP contribution >= 0.6 is 11.8 Å². The van der Waals surface area contributed by atoms with Crippen molar-refractivity contribution in [3.63, 3.8) is 0 Å². The molecule has 3 atom stereocenters. The Morgan fingerprint density at radius 3 is 2.54 bits per heavy atom. The maximum Gasteiger partial charge on any atom is 0.0194 e. The van der Waals surface area contributed by atoms with E-state index in [0.717, 1.165) is 17.9 Å². The van der Waals surface area contributed by atoms with Crippen LogP contribution in [0.15, 0.2) is 0 Å². The van der Waals surface area contributed by atoms with E-state index in [1.165, 1.54) is 44.1 Å². The van der Waals surface area contributed by atoms with Crippen LogP contribution in [-0.2, 0) is 0 Å². The van der Waals surface area contributed by atoms with Gasteiger partial charge in [-0.1, -0.05) is 0 Å². The van der Waals surface area contributed by atoms with Crippen LogP contribution in [0, 0.1) is 11.8 Å². The molecule has 13 heavy (non-hydrogen) atoms. The van der Waals surface area contributed by atoms with E-state index in [1.54, 1.807) is 0 Å². The van der Waals surface area contributed by atoms with Crippen molar-refractivity contribution in [1.82, 2.24) is 10.2 Å². The van der Waals surface area contributed by atoms with Crippen LogP contribution < -0.4 is 5.32 Å². The van der Waals surface area contributed by atoms with Crippen LogP contribution in [0.4, 0.5) is 0 Å². The van der Waals surface area contributed by atoms with Crippen molar-refractivity contribution in [2.75, 3.05) is 37.7 Å². The van der Waals surface area contributed by atoms with E-state index in [1.807, 2.05) is 0 Å². The van der Waals surface area contributed by atoms with Crippen LogP contribution in [-0.4, -0.2) is 48.6 Å². The van der Waals surface area contributed by atoms with Crippen LogP contribution in [0.2, 0.25) is 0 Å². The van der Waals surface area contributed by atoms with Gasteiger partial charge in [-0.15, -0.1) is 0 Å². The highest BCUT2D eigenvalue weighted by atomic mass is 32.2. The van der Waals surface area contributed by atoms with Gasteiger partial charge in [0.25, 0.3) is 0 Å². The molecule has 3 fully saturated rings. The molecule has 3 saturated heterocycles. The second kappa shape index (κ2) is 3.44. The average molecular weight is 198 g/mol. The van der Waals surface area contributed by atoms with Gasteiger partial charge in [-0.2, -0.15) is 11.8 Å². The second-order valence-electron chi connectivity index (χ2n) is 4.65. The number of thioether (sulfide) groups is 1. The first kappa shape index (κ1) is 8.57. The zero-order valence-corrected chi connectivity index (χ0v) is 8.85. The SMILES string of the molecule is C1CC(N2CC3CNCC3C2)CS1. The molecule has 0 aliphatic carbocycles. The minimum absolute atomic E-state index is 0.926. The first-order valence-electron chi connectivity index (χ1n) is 5.46. The molecule has 0 aromatic rings. The molecule has 1 N–H and O–H groups in total. The van der Waals surface area contributed by atoms with Gasteiger partial charge in [0.05, 0.1) is 0 Å². The van der Waals surface area contributed by atoms with Crippen molar-refractivity contribution in [1.29, 1.82) is 0 Å². The quantitative estimate of drug-likeness (QED) is 0.666. The molecule has 74 valence electrons. The standard InChI is InChI=1S/C10H18N2S/c1-2-13-7-10(1)12-5-8-3-11-4-9(8)6-12/h8-11H,1-7H2. The molecular weight excluding hydrogens is 180 g/mol. The molecule has 0 saturated carbocycles. The third-order valence-corrected chi connectivity index (χ3v) is 4.98. The molecule has 0 radical (unpaired) electrons. The largest absolute Gasteiger partial charge is 0.316 e. The van der Waals surface area contributed by atoms with Gasteiger partial charge in [-0.05, 0) is 37.1 Å². The summed E-state index contributed by atoms with van der Waals surface area (Å²) in [4.78, 5) is 2.76. The Hall–Kier alpha value is 0.270. The topological polar surface area (TPSA) is 15.3 Å². The molecule has 3 heteroatoms. The van der Waals surface area contributed by atoms with Gasteiger partial charge in [-0.3, -0.25) is 4.90 Å². The lowest BCUT2D eigenvalue weighted by molar-refractivity contribution is 0.245. The highest BCUT2D eigenvalue weighted by molar-refractivity contribution is 7.99. The normalized spacial score (nSPS) is 45.7. The van der Waals surface area contributed by atoms with Crippen LogP contribution in [0.5, 0.6) is 0 Å². The third kappa shape index (κ3) is 1.51. The fourth-order valence-corrected chi connectivity index (χ4v) is 4.25. The fraction of sp³-hybridized carbons (Fsp3) is 1.00. The predicted octanol–water partition coefficient (Wildman–Crippen LogP) is 0.643. The fourth-order valence-electron chi connectivity index (χ4n) is 3.00. The summed E-state index contributed by atoms with van der Waals surface area (Å²) in [7, 11) is 0. The molecule has 3 aliphatic heterocycles. The Morgan fingerprint density at radius 2 is 1.92 bits per heavy atom. The van der Waals surface area contributed by atoms with Gasteiger partial charge in [0.15, 0.2) is 0 Å². The highest BCUT2D eigenvalue weighted by Crippen LogP contribution is 2.32. The summed E-state index contributed by atoms with van der Waals surface area (Å²) in [6, 6.07) is 0.926. The number of rotatable bonds is 1. The molecule has 3 unspecified atom stereocenters. The number of nitrogens with one attached hydrogen (secondary N) is 1. The van der Waals surface area contributed by atoms with Crippen molar-refractivity contribution in [2.45, 2.75) is 12.5 Å². The van der Waals surface area contributed by atoms with Crippen molar-refractivity contribution in [3.05, 3.63) is 0 Å². The Morgan fingerprint density at radius 1 is 1.15 bits per heavy atom. The van der Waals surface area contributed by atoms with E-state index in [-0.39, 0.29) is 0 Å². The zero-order chi connectivity index (χ0) is 8.67. The average Bonchev–Trinajstić information content (AvgIpc) is 2.78. The van der Waals surface area contributed by atoms with Gasteiger partial charge >= 0.3 is 0 Å². The number of nitrogens with zero attached hydrogens (tertiary/aromatic N) is 1. The van der Waals surface area contributed by atoms with Crippen molar-refractivity contribution in [3.8, 4) is 0 Å². The minimum Gasteiger partial charge on any atom is -0.316 e. The smallest absolute Gasteiger partial charge is 0.0194 e. The van der Waals surface area contributed by atoms with Crippen molar-refractivity contribution >= 4 is 11.8 Å². The lowest BCUT2D eigenvalue weighted by atomic mass is 10.0. The highest BCUT2D eigenvalue weighted by Gasteiger charge is 2.39.